The molecule has 1 heterocycles. The van der Waals surface area contributed by atoms with Gasteiger partial charge in [0.05, 0.1) is 6.61 Å². The number of nitrogens with zero attached hydrogens (tertiary/aromatic N) is 3. The molecule has 0 atom stereocenters. The number of rotatable bonds is 4. The molecule has 0 aliphatic heterocycles. The summed E-state index contributed by atoms with van der Waals surface area (Å²) in [5, 5.41) is 6.60. The Morgan fingerprint density at radius 3 is 2.74 bits per heavy atom. The number of amides is 3. The van der Waals surface area contributed by atoms with Gasteiger partial charge in [-0.15, -0.1) is 0 Å². The number of hydrogen-bond acceptors (Lipinski definition) is 5. The van der Waals surface area contributed by atoms with E-state index in [0.717, 1.165) is 10.6 Å². The predicted octanol–water partition coefficient (Wildman–Crippen LogP) is 0.678. The second kappa shape index (κ2) is 6.74. The van der Waals surface area contributed by atoms with Gasteiger partial charge in [0.25, 0.3) is 0 Å². The zero-order chi connectivity index (χ0) is 14.4. The van der Waals surface area contributed by atoms with Gasteiger partial charge in [0.1, 0.15) is 0 Å². The number of imide groups is 1. The highest BCUT2D eigenvalue weighted by Gasteiger charge is 2.22. The summed E-state index contributed by atoms with van der Waals surface area (Å²) in [7, 11) is 1.76. The number of ether oxygens (including phenoxy) is 1. The Hall–Kier alpha value is -2.09. The van der Waals surface area contributed by atoms with Crippen molar-refractivity contribution in [3.8, 4) is 0 Å². The fourth-order valence-corrected chi connectivity index (χ4v) is 1.40. The van der Waals surface area contributed by atoms with Gasteiger partial charge in [-0.3, -0.25) is 10.00 Å². The van der Waals surface area contributed by atoms with E-state index in [1.807, 2.05) is 6.92 Å². The lowest BCUT2D eigenvalue weighted by atomic mass is 10.4. The van der Waals surface area contributed by atoms with E-state index >= 15 is 0 Å². The molecule has 0 aliphatic rings. The molecule has 0 spiro atoms. The van der Waals surface area contributed by atoms with Crippen LogP contribution in [0.1, 0.15) is 12.6 Å². The van der Waals surface area contributed by atoms with Crippen LogP contribution >= 0.6 is 0 Å². The number of nitrogens with two attached hydrogens (primary N) is 1. The molecule has 106 valence electrons. The molecule has 1 aromatic rings. The maximum Gasteiger partial charge on any atom is 0.418 e. The molecular formula is C11H19N5O3. The lowest BCUT2D eigenvalue weighted by Crippen LogP contribution is -2.43. The Morgan fingerprint density at radius 1 is 1.58 bits per heavy atom. The predicted molar refractivity (Wildman–Crippen MR) is 69.7 cm³/mol. The largest absolute Gasteiger partial charge is 0.449 e. The first-order valence-corrected chi connectivity index (χ1v) is 5.95. The van der Waals surface area contributed by atoms with E-state index in [1.165, 1.54) is 0 Å². The minimum atomic E-state index is -0.724. The minimum Gasteiger partial charge on any atom is -0.449 e. The summed E-state index contributed by atoms with van der Waals surface area (Å²) in [5.41, 5.74) is 6.26. The molecule has 0 fully saturated rings. The molecule has 0 saturated carbocycles. The van der Waals surface area contributed by atoms with E-state index in [-0.39, 0.29) is 19.7 Å². The van der Waals surface area contributed by atoms with Crippen LogP contribution in [0.4, 0.5) is 15.4 Å². The van der Waals surface area contributed by atoms with Gasteiger partial charge in [-0.1, -0.05) is 0 Å². The average Bonchev–Trinajstić information content (AvgIpc) is 2.65. The van der Waals surface area contributed by atoms with Gasteiger partial charge in [-0.05, 0) is 13.8 Å². The van der Waals surface area contributed by atoms with Crippen molar-refractivity contribution in [1.29, 1.82) is 0 Å². The van der Waals surface area contributed by atoms with Gasteiger partial charge in [0, 0.05) is 31.9 Å². The summed E-state index contributed by atoms with van der Waals surface area (Å²) in [6.07, 6.45) is -0.724. The molecule has 8 heteroatoms. The summed E-state index contributed by atoms with van der Waals surface area (Å²) in [6, 6.07) is 1.09. The Balaban J connectivity index is 2.74. The van der Waals surface area contributed by atoms with Crippen LogP contribution in [0.15, 0.2) is 6.07 Å². The van der Waals surface area contributed by atoms with Crippen molar-refractivity contribution < 1.29 is 14.3 Å². The fourth-order valence-electron chi connectivity index (χ4n) is 1.40. The van der Waals surface area contributed by atoms with E-state index in [1.54, 1.807) is 24.7 Å². The molecular weight excluding hydrogens is 250 g/mol. The molecule has 0 unspecified atom stereocenters. The van der Waals surface area contributed by atoms with Gasteiger partial charge in [0.15, 0.2) is 5.82 Å². The van der Waals surface area contributed by atoms with Crippen LogP contribution in [0.3, 0.4) is 0 Å². The first kappa shape index (κ1) is 15.0. The van der Waals surface area contributed by atoms with Crippen molar-refractivity contribution in [2.75, 3.05) is 25.0 Å². The van der Waals surface area contributed by atoms with Crippen molar-refractivity contribution >= 4 is 17.9 Å². The smallest absolute Gasteiger partial charge is 0.418 e. The van der Waals surface area contributed by atoms with Crippen molar-refractivity contribution in [3.63, 3.8) is 0 Å². The second-order valence-corrected chi connectivity index (χ2v) is 3.86. The molecule has 0 aromatic carbocycles. The first-order valence-electron chi connectivity index (χ1n) is 5.95. The van der Waals surface area contributed by atoms with Gasteiger partial charge in [-0.25, -0.2) is 14.5 Å². The molecule has 0 aliphatic carbocycles. The third-order valence-electron chi connectivity index (χ3n) is 2.43. The fraction of sp³-hybridized carbons (Fsp3) is 0.545. The van der Waals surface area contributed by atoms with Crippen molar-refractivity contribution in [1.82, 2.24) is 14.7 Å². The van der Waals surface area contributed by atoms with E-state index in [2.05, 4.69) is 10.4 Å². The molecule has 0 radical (unpaired) electrons. The third-order valence-corrected chi connectivity index (χ3v) is 2.43. The SMILES string of the molecule is CCOC(=O)N(CCN)C(=O)Nc1cc(C)n(C)n1. The first-order chi connectivity index (χ1) is 8.99. The molecule has 3 N–H and O–H groups in total. The molecule has 0 bridgehead atoms. The van der Waals surface area contributed by atoms with Gasteiger partial charge >= 0.3 is 12.1 Å². The Kier molecular flexibility index (Phi) is 5.31. The number of aromatic nitrogens is 2. The van der Waals surface area contributed by atoms with E-state index in [9.17, 15) is 9.59 Å². The van der Waals surface area contributed by atoms with Crippen molar-refractivity contribution in [2.24, 2.45) is 12.8 Å². The van der Waals surface area contributed by atoms with Crippen molar-refractivity contribution in [3.05, 3.63) is 11.8 Å². The Labute approximate surface area is 111 Å². The highest BCUT2D eigenvalue weighted by atomic mass is 16.6. The Morgan fingerprint density at radius 2 is 2.26 bits per heavy atom. The quantitative estimate of drug-likeness (QED) is 0.836. The summed E-state index contributed by atoms with van der Waals surface area (Å²) in [5.74, 6) is 0.372. The van der Waals surface area contributed by atoms with Crippen molar-refractivity contribution in [2.45, 2.75) is 13.8 Å². The van der Waals surface area contributed by atoms with E-state index < -0.39 is 12.1 Å². The number of carbonyl (C=O) groups is 2. The molecule has 1 aromatic heterocycles. The summed E-state index contributed by atoms with van der Waals surface area (Å²) < 4.78 is 6.41. The zero-order valence-corrected chi connectivity index (χ0v) is 11.3. The van der Waals surface area contributed by atoms with E-state index in [0.29, 0.717) is 5.82 Å². The van der Waals surface area contributed by atoms with Crippen LogP contribution in [0.25, 0.3) is 0 Å². The summed E-state index contributed by atoms with van der Waals surface area (Å²) in [4.78, 5) is 24.5. The Bertz CT molecular complexity index is 438. The van der Waals surface area contributed by atoms with Crippen LogP contribution in [0, 0.1) is 6.92 Å². The van der Waals surface area contributed by atoms with Crippen LogP contribution < -0.4 is 11.1 Å². The second-order valence-electron chi connectivity index (χ2n) is 3.86. The van der Waals surface area contributed by atoms with Crippen LogP contribution in [-0.4, -0.2) is 46.5 Å². The van der Waals surface area contributed by atoms with Gasteiger partial charge in [-0.2, -0.15) is 5.10 Å². The van der Waals surface area contributed by atoms with Crippen LogP contribution in [0.5, 0.6) is 0 Å². The average molecular weight is 269 g/mol. The zero-order valence-electron chi connectivity index (χ0n) is 11.3. The monoisotopic (exact) mass is 269 g/mol. The van der Waals surface area contributed by atoms with Gasteiger partial charge in [0.2, 0.25) is 0 Å². The maximum atomic E-state index is 11.9. The van der Waals surface area contributed by atoms with Crippen LogP contribution in [-0.2, 0) is 11.8 Å². The molecule has 0 saturated heterocycles. The minimum absolute atomic E-state index is 0.0798. The van der Waals surface area contributed by atoms with E-state index in [4.69, 9.17) is 10.5 Å². The van der Waals surface area contributed by atoms with Gasteiger partial charge < -0.3 is 10.5 Å². The third kappa shape index (κ3) is 3.95. The highest BCUT2D eigenvalue weighted by molar-refractivity contribution is 5.98. The number of carbonyl (C=O) groups excluding carboxylic acids is 2. The summed E-state index contributed by atoms with van der Waals surface area (Å²) >= 11 is 0. The number of anilines is 1. The normalized spacial score (nSPS) is 10.1. The number of nitrogens with one attached hydrogen (secondary N) is 1. The number of aryl methyl sites for hydroxylation is 2. The van der Waals surface area contributed by atoms with Crippen LogP contribution in [0.2, 0.25) is 0 Å². The number of urea groups is 1. The summed E-state index contributed by atoms with van der Waals surface area (Å²) in [6.45, 7) is 3.95. The standard InChI is InChI=1S/C11H19N5O3/c1-4-19-11(18)16(6-5-12)10(17)13-9-7-8(2)15(3)14-9/h7H,4-6,12H2,1-3H3,(H,13,14,17). The molecule has 1 rings (SSSR count). The number of hydrogen-bond donors (Lipinski definition) is 2. The lowest BCUT2D eigenvalue weighted by molar-refractivity contribution is 0.118. The highest BCUT2D eigenvalue weighted by Crippen LogP contribution is 2.08. The molecule has 3 amide bonds. The molecule has 8 nitrogen and oxygen atoms in total. The lowest BCUT2D eigenvalue weighted by Gasteiger charge is -2.18. The molecule has 19 heavy (non-hydrogen) atoms. The maximum absolute atomic E-state index is 11.9. The topological polar surface area (TPSA) is 102 Å².